The summed E-state index contributed by atoms with van der Waals surface area (Å²) in [6, 6.07) is 17.3. The maximum atomic E-state index is 5.86. The van der Waals surface area contributed by atoms with E-state index < -0.39 is 0 Å². The molecule has 3 nitrogen and oxygen atoms in total. The van der Waals surface area contributed by atoms with Crippen LogP contribution in [0.15, 0.2) is 48.5 Å². The number of aryl methyl sites for hydroxylation is 2. The second-order valence-corrected chi connectivity index (χ2v) is 5.86. The second-order valence-electron chi connectivity index (χ2n) is 5.86. The topological polar surface area (TPSA) is 43.8 Å². The van der Waals surface area contributed by atoms with Crippen molar-refractivity contribution in [2.24, 2.45) is 0 Å². The van der Waals surface area contributed by atoms with Crippen LogP contribution in [0, 0.1) is 0 Å². The van der Waals surface area contributed by atoms with Crippen LogP contribution in [0.25, 0.3) is 11.0 Å². The molecule has 1 aliphatic rings. The molecule has 0 radical (unpaired) electrons. The van der Waals surface area contributed by atoms with E-state index in [2.05, 4.69) is 41.0 Å². The van der Waals surface area contributed by atoms with Crippen molar-refractivity contribution in [3.05, 3.63) is 59.9 Å². The molecule has 0 unspecified atom stereocenters. The zero-order valence-corrected chi connectivity index (χ0v) is 12.0. The van der Waals surface area contributed by atoms with Gasteiger partial charge in [0.15, 0.2) is 0 Å². The summed E-state index contributed by atoms with van der Waals surface area (Å²) in [6.45, 7) is 0. The first-order chi connectivity index (χ1) is 10.3. The van der Waals surface area contributed by atoms with Gasteiger partial charge in [-0.1, -0.05) is 24.3 Å². The van der Waals surface area contributed by atoms with E-state index in [9.17, 15) is 0 Å². The maximum Gasteiger partial charge on any atom is 0.110 e. The predicted molar refractivity (Wildman–Crippen MR) is 86.3 cm³/mol. The lowest BCUT2D eigenvalue weighted by Crippen LogP contribution is -2.03. The number of fused-ring (bicyclic) bond motifs is 1. The van der Waals surface area contributed by atoms with Crippen LogP contribution in [0.2, 0.25) is 0 Å². The lowest BCUT2D eigenvalue weighted by atomic mass is 10.1. The fraction of sp³-hybridized carbons (Fsp3) is 0.278. The molecule has 0 spiro atoms. The number of hydrogen-bond acceptors (Lipinski definition) is 2. The van der Waals surface area contributed by atoms with Gasteiger partial charge in [-0.25, -0.2) is 4.98 Å². The Morgan fingerprint density at radius 3 is 2.71 bits per heavy atom. The Morgan fingerprint density at radius 1 is 1.05 bits per heavy atom. The highest BCUT2D eigenvalue weighted by Gasteiger charge is 2.27. The molecule has 0 amide bonds. The minimum absolute atomic E-state index is 0.660. The van der Waals surface area contributed by atoms with Gasteiger partial charge in [0.2, 0.25) is 0 Å². The van der Waals surface area contributed by atoms with Crippen molar-refractivity contribution in [2.45, 2.75) is 31.7 Å². The molecule has 0 saturated heterocycles. The molecule has 0 bridgehead atoms. The molecule has 1 saturated carbocycles. The van der Waals surface area contributed by atoms with Crippen molar-refractivity contribution in [3.8, 4) is 0 Å². The van der Waals surface area contributed by atoms with Gasteiger partial charge in [0.1, 0.15) is 5.82 Å². The van der Waals surface area contributed by atoms with E-state index in [0.717, 1.165) is 24.0 Å². The number of nitrogen functional groups attached to an aromatic ring is 1. The molecule has 4 rings (SSSR count). The minimum Gasteiger partial charge on any atom is -0.399 e. The molecule has 1 fully saturated rings. The number of anilines is 1. The molecule has 1 heterocycles. The van der Waals surface area contributed by atoms with E-state index in [-0.39, 0.29) is 0 Å². The van der Waals surface area contributed by atoms with E-state index in [1.807, 2.05) is 12.1 Å². The van der Waals surface area contributed by atoms with Crippen LogP contribution in [0.3, 0.4) is 0 Å². The highest BCUT2D eigenvalue weighted by atomic mass is 15.1. The van der Waals surface area contributed by atoms with Crippen LogP contribution in [0.5, 0.6) is 0 Å². The number of benzene rings is 2. The van der Waals surface area contributed by atoms with Gasteiger partial charge >= 0.3 is 0 Å². The predicted octanol–water partition coefficient (Wildman–Crippen LogP) is 3.74. The van der Waals surface area contributed by atoms with Crippen molar-refractivity contribution < 1.29 is 0 Å². The summed E-state index contributed by atoms with van der Waals surface area (Å²) in [6.07, 6.45) is 4.52. The van der Waals surface area contributed by atoms with Crippen LogP contribution in [-0.2, 0) is 12.8 Å². The van der Waals surface area contributed by atoms with Gasteiger partial charge < -0.3 is 10.3 Å². The van der Waals surface area contributed by atoms with Crippen LogP contribution in [0.4, 0.5) is 5.69 Å². The zero-order valence-electron chi connectivity index (χ0n) is 12.0. The van der Waals surface area contributed by atoms with Crippen molar-refractivity contribution >= 4 is 16.7 Å². The molecule has 21 heavy (non-hydrogen) atoms. The Labute approximate surface area is 124 Å². The zero-order chi connectivity index (χ0) is 14.2. The molecule has 1 aromatic heterocycles. The van der Waals surface area contributed by atoms with Gasteiger partial charge in [-0.3, -0.25) is 0 Å². The first kappa shape index (κ1) is 12.5. The number of para-hydroxylation sites is 2. The third kappa shape index (κ3) is 2.40. The third-order valence-electron chi connectivity index (χ3n) is 4.17. The average Bonchev–Trinajstić information content (AvgIpc) is 3.26. The number of nitrogens with zero attached hydrogens (tertiary/aromatic N) is 2. The van der Waals surface area contributed by atoms with Crippen molar-refractivity contribution in [1.29, 1.82) is 0 Å². The van der Waals surface area contributed by atoms with Crippen molar-refractivity contribution in [2.75, 3.05) is 5.73 Å². The number of nitrogens with two attached hydrogens (primary N) is 1. The molecule has 0 aliphatic heterocycles. The molecular weight excluding hydrogens is 258 g/mol. The SMILES string of the molecule is Nc1cccc(CCc2nc3ccccc3n2C2CC2)c1. The molecular formula is C18H19N3. The quantitative estimate of drug-likeness (QED) is 0.738. The Hall–Kier alpha value is -2.29. The highest BCUT2D eigenvalue weighted by molar-refractivity contribution is 5.76. The van der Waals surface area contributed by atoms with Crippen LogP contribution in [-0.4, -0.2) is 9.55 Å². The van der Waals surface area contributed by atoms with Crippen LogP contribution >= 0.6 is 0 Å². The fourth-order valence-electron chi connectivity index (χ4n) is 3.02. The molecule has 3 aromatic rings. The molecule has 106 valence electrons. The lowest BCUT2D eigenvalue weighted by molar-refractivity contribution is 0.692. The van der Waals surface area contributed by atoms with Crippen molar-refractivity contribution in [3.63, 3.8) is 0 Å². The molecule has 2 N–H and O–H groups in total. The van der Waals surface area contributed by atoms with Crippen LogP contribution < -0.4 is 5.73 Å². The van der Waals surface area contributed by atoms with Crippen LogP contribution in [0.1, 0.15) is 30.3 Å². The Kier molecular flexibility index (Phi) is 2.92. The number of imidazole rings is 1. The van der Waals surface area contributed by atoms with Gasteiger partial charge in [0.05, 0.1) is 11.0 Å². The molecule has 0 atom stereocenters. The first-order valence-corrected chi connectivity index (χ1v) is 7.61. The Balaban J connectivity index is 1.65. The van der Waals surface area contributed by atoms with E-state index in [1.165, 1.54) is 29.7 Å². The van der Waals surface area contributed by atoms with E-state index in [4.69, 9.17) is 10.7 Å². The third-order valence-corrected chi connectivity index (χ3v) is 4.17. The Bertz CT molecular complexity index is 784. The van der Waals surface area contributed by atoms with Gasteiger partial charge in [0, 0.05) is 18.2 Å². The highest BCUT2D eigenvalue weighted by Crippen LogP contribution is 2.38. The largest absolute Gasteiger partial charge is 0.399 e. The van der Waals surface area contributed by atoms with E-state index >= 15 is 0 Å². The summed E-state index contributed by atoms with van der Waals surface area (Å²) >= 11 is 0. The summed E-state index contributed by atoms with van der Waals surface area (Å²) in [7, 11) is 0. The van der Waals surface area contributed by atoms with E-state index in [0.29, 0.717) is 6.04 Å². The minimum atomic E-state index is 0.660. The first-order valence-electron chi connectivity index (χ1n) is 7.61. The number of rotatable bonds is 4. The van der Waals surface area contributed by atoms with Gasteiger partial charge in [-0.2, -0.15) is 0 Å². The fourth-order valence-corrected chi connectivity index (χ4v) is 3.02. The van der Waals surface area contributed by atoms with Gasteiger partial charge in [-0.15, -0.1) is 0 Å². The van der Waals surface area contributed by atoms with Gasteiger partial charge in [0.25, 0.3) is 0 Å². The number of hydrogen-bond donors (Lipinski definition) is 1. The maximum absolute atomic E-state index is 5.86. The monoisotopic (exact) mass is 277 g/mol. The summed E-state index contributed by atoms with van der Waals surface area (Å²) in [5.74, 6) is 1.21. The average molecular weight is 277 g/mol. The standard InChI is InChI=1S/C18H19N3/c19-14-5-3-4-13(12-14)8-11-18-20-16-6-1-2-7-17(16)21(18)15-9-10-15/h1-7,12,15H,8-11,19H2. The smallest absolute Gasteiger partial charge is 0.110 e. The molecule has 2 aromatic carbocycles. The number of aromatic nitrogens is 2. The van der Waals surface area contributed by atoms with E-state index in [1.54, 1.807) is 0 Å². The summed E-state index contributed by atoms with van der Waals surface area (Å²) in [5, 5.41) is 0. The summed E-state index contributed by atoms with van der Waals surface area (Å²) < 4.78 is 2.45. The second kappa shape index (κ2) is 4.92. The summed E-state index contributed by atoms with van der Waals surface area (Å²) in [4.78, 5) is 4.84. The molecule has 1 aliphatic carbocycles. The Morgan fingerprint density at radius 2 is 1.90 bits per heavy atom. The van der Waals surface area contributed by atoms with Crippen molar-refractivity contribution in [1.82, 2.24) is 9.55 Å². The molecule has 3 heteroatoms. The lowest BCUT2D eigenvalue weighted by Gasteiger charge is -2.08. The summed E-state index contributed by atoms with van der Waals surface area (Å²) in [5.41, 5.74) is 10.4. The normalized spacial score (nSPS) is 14.7. The van der Waals surface area contributed by atoms with Gasteiger partial charge in [-0.05, 0) is 49.1 Å².